The van der Waals surface area contributed by atoms with Crippen LogP contribution >= 0.6 is 0 Å². The van der Waals surface area contributed by atoms with Crippen molar-refractivity contribution in [2.45, 2.75) is 77.7 Å². The first-order chi connectivity index (χ1) is 9.95. The molecule has 0 heterocycles. The summed E-state index contributed by atoms with van der Waals surface area (Å²) in [7, 11) is 0. The Morgan fingerprint density at radius 1 is 1.00 bits per heavy atom. The molecule has 4 rings (SSSR count). The fourth-order valence-electron chi connectivity index (χ4n) is 7.01. The number of hydrogen-bond donors (Lipinski definition) is 1. The number of aliphatic hydroxyl groups is 1. The Morgan fingerprint density at radius 3 is 2.62 bits per heavy atom. The Bertz CT molecular complexity index is 458. The van der Waals surface area contributed by atoms with Crippen LogP contribution in [0.2, 0.25) is 0 Å². The maximum atomic E-state index is 12.4. The predicted octanol–water partition coefficient (Wildman–Crippen LogP) is 3.96. The number of hydrogen-bond acceptors (Lipinski definition) is 2. The monoisotopic (exact) mass is 290 g/mol. The van der Waals surface area contributed by atoms with Crippen molar-refractivity contribution in [1.29, 1.82) is 0 Å². The topological polar surface area (TPSA) is 37.3 Å². The molecule has 21 heavy (non-hydrogen) atoms. The van der Waals surface area contributed by atoms with E-state index in [0.717, 1.165) is 49.9 Å². The summed E-state index contributed by atoms with van der Waals surface area (Å²) in [5, 5.41) is 10.0. The number of carbonyl (C=O) groups is 1. The Balaban J connectivity index is 1.64. The van der Waals surface area contributed by atoms with Crippen molar-refractivity contribution in [3.8, 4) is 0 Å². The van der Waals surface area contributed by atoms with Crippen LogP contribution in [0.4, 0.5) is 0 Å². The highest BCUT2D eigenvalue weighted by Crippen LogP contribution is 2.65. The van der Waals surface area contributed by atoms with Crippen molar-refractivity contribution < 1.29 is 9.90 Å². The van der Waals surface area contributed by atoms with Gasteiger partial charge in [0.15, 0.2) is 0 Å². The fraction of sp³-hybridized carbons (Fsp3) is 0.947. The van der Waals surface area contributed by atoms with Crippen LogP contribution in [0.3, 0.4) is 0 Å². The van der Waals surface area contributed by atoms with Crippen LogP contribution in [0.5, 0.6) is 0 Å². The summed E-state index contributed by atoms with van der Waals surface area (Å²) in [5.41, 5.74) is 0.452. The molecule has 0 unspecified atom stereocenters. The molecule has 0 radical (unpaired) electrons. The molecule has 2 heteroatoms. The first-order valence-electron chi connectivity index (χ1n) is 9.16. The lowest BCUT2D eigenvalue weighted by Gasteiger charge is -2.60. The Labute approximate surface area is 128 Å². The Hall–Kier alpha value is -0.370. The summed E-state index contributed by atoms with van der Waals surface area (Å²) in [4.78, 5) is 12.4. The van der Waals surface area contributed by atoms with Crippen LogP contribution in [0.15, 0.2) is 0 Å². The molecule has 0 bridgehead atoms. The molecular weight excluding hydrogens is 260 g/mol. The third kappa shape index (κ3) is 1.84. The van der Waals surface area contributed by atoms with Gasteiger partial charge in [-0.1, -0.05) is 13.8 Å². The highest BCUT2D eigenvalue weighted by atomic mass is 16.3. The first-order valence-corrected chi connectivity index (χ1v) is 9.16. The van der Waals surface area contributed by atoms with Gasteiger partial charge in [0.25, 0.3) is 0 Å². The maximum absolute atomic E-state index is 12.4. The van der Waals surface area contributed by atoms with Crippen LogP contribution in [0.25, 0.3) is 0 Å². The molecule has 118 valence electrons. The number of fused-ring (bicyclic) bond motifs is 5. The molecule has 0 spiro atoms. The second-order valence-corrected chi connectivity index (χ2v) is 9.00. The molecule has 2 nitrogen and oxygen atoms in total. The lowest BCUT2D eigenvalue weighted by atomic mass is 9.45. The molecule has 4 aliphatic carbocycles. The summed E-state index contributed by atoms with van der Waals surface area (Å²) >= 11 is 0. The summed E-state index contributed by atoms with van der Waals surface area (Å²) in [6.07, 6.45) is 10.1. The number of Topliss-reactive ketones (excluding diaryl/α,β-unsaturated/α-hetero) is 1. The van der Waals surface area contributed by atoms with E-state index in [9.17, 15) is 9.90 Å². The maximum Gasteiger partial charge on any atom is 0.139 e. The Kier molecular flexibility index (Phi) is 3.10. The molecule has 7 atom stereocenters. The molecule has 0 amide bonds. The predicted molar refractivity (Wildman–Crippen MR) is 82.7 cm³/mol. The van der Waals surface area contributed by atoms with Crippen molar-refractivity contribution in [3.05, 3.63) is 0 Å². The molecule has 1 N–H and O–H groups in total. The molecule has 0 aromatic heterocycles. The van der Waals surface area contributed by atoms with Gasteiger partial charge in [0.2, 0.25) is 0 Å². The quantitative estimate of drug-likeness (QED) is 0.733. The molecular formula is C19H30O2. The average Bonchev–Trinajstić information content (AvgIpc) is 2.76. The van der Waals surface area contributed by atoms with E-state index in [0.29, 0.717) is 17.1 Å². The van der Waals surface area contributed by atoms with Gasteiger partial charge in [0.05, 0.1) is 6.10 Å². The highest BCUT2D eigenvalue weighted by Gasteiger charge is 2.60. The molecule has 0 saturated heterocycles. The SMILES string of the molecule is C[C@]12CC[C@@H](O)C[C@H]1CC[C@@H]1[C@H]2CC[C@@]2(C)C(=O)CC[C@@H]12. The smallest absolute Gasteiger partial charge is 0.139 e. The van der Waals surface area contributed by atoms with Crippen molar-refractivity contribution in [2.75, 3.05) is 0 Å². The zero-order valence-electron chi connectivity index (χ0n) is 13.6. The second-order valence-electron chi connectivity index (χ2n) is 9.00. The number of aliphatic hydroxyl groups excluding tert-OH is 1. The summed E-state index contributed by atoms with van der Waals surface area (Å²) in [6.45, 7) is 4.78. The van der Waals surface area contributed by atoms with E-state index in [1.54, 1.807) is 0 Å². The van der Waals surface area contributed by atoms with Gasteiger partial charge in [-0.2, -0.15) is 0 Å². The van der Waals surface area contributed by atoms with Crippen LogP contribution in [-0.2, 0) is 4.79 Å². The number of carbonyl (C=O) groups excluding carboxylic acids is 1. The standard InChI is InChI=1S/C19H30O2/c1-18-9-7-13(20)11-12(18)3-4-14-15-5-6-17(21)19(15,2)10-8-16(14)18/h12-16,20H,3-11H2,1-2H3/t12-,13-,14+,15+,16-,18+,19-/m1/s1. The largest absolute Gasteiger partial charge is 0.393 e. The van der Waals surface area contributed by atoms with Gasteiger partial charge in [0, 0.05) is 11.8 Å². The van der Waals surface area contributed by atoms with E-state index < -0.39 is 0 Å². The molecule has 0 aromatic rings. The first kappa shape index (κ1) is 14.2. The van der Waals surface area contributed by atoms with Crippen molar-refractivity contribution in [2.24, 2.45) is 34.5 Å². The van der Waals surface area contributed by atoms with Gasteiger partial charge < -0.3 is 5.11 Å². The van der Waals surface area contributed by atoms with Gasteiger partial charge in [-0.15, -0.1) is 0 Å². The molecule has 4 saturated carbocycles. The van der Waals surface area contributed by atoms with Crippen molar-refractivity contribution >= 4 is 5.78 Å². The number of rotatable bonds is 0. The molecule has 0 aliphatic heterocycles. The van der Waals surface area contributed by atoms with Crippen molar-refractivity contribution in [1.82, 2.24) is 0 Å². The normalized spacial score (nSPS) is 56.5. The van der Waals surface area contributed by atoms with Crippen LogP contribution in [0.1, 0.15) is 71.6 Å². The van der Waals surface area contributed by atoms with E-state index >= 15 is 0 Å². The summed E-state index contributed by atoms with van der Waals surface area (Å²) < 4.78 is 0. The van der Waals surface area contributed by atoms with Gasteiger partial charge in [-0.25, -0.2) is 0 Å². The zero-order chi connectivity index (χ0) is 14.8. The van der Waals surface area contributed by atoms with Gasteiger partial charge >= 0.3 is 0 Å². The minimum Gasteiger partial charge on any atom is -0.393 e. The summed E-state index contributed by atoms with van der Waals surface area (Å²) in [6, 6.07) is 0. The lowest BCUT2D eigenvalue weighted by molar-refractivity contribution is -0.142. The average molecular weight is 290 g/mol. The van der Waals surface area contributed by atoms with Crippen LogP contribution in [-0.4, -0.2) is 17.0 Å². The Morgan fingerprint density at radius 2 is 1.81 bits per heavy atom. The van der Waals surface area contributed by atoms with E-state index in [1.165, 1.54) is 25.7 Å². The van der Waals surface area contributed by atoms with Crippen LogP contribution in [0, 0.1) is 34.5 Å². The van der Waals surface area contributed by atoms with E-state index in [1.807, 2.05) is 0 Å². The molecule has 4 aliphatic rings. The fourth-order valence-corrected chi connectivity index (χ4v) is 7.01. The van der Waals surface area contributed by atoms with E-state index in [2.05, 4.69) is 13.8 Å². The van der Waals surface area contributed by atoms with Gasteiger partial charge in [-0.05, 0) is 80.5 Å². The van der Waals surface area contributed by atoms with Crippen LogP contribution < -0.4 is 0 Å². The lowest BCUT2D eigenvalue weighted by Crippen LogP contribution is -2.54. The third-order valence-corrected chi connectivity index (χ3v) is 8.35. The molecule has 0 aromatic carbocycles. The number of ketones is 1. The van der Waals surface area contributed by atoms with Gasteiger partial charge in [0.1, 0.15) is 5.78 Å². The minimum atomic E-state index is -0.0541. The van der Waals surface area contributed by atoms with Gasteiger partial charge in [-0.3, -0.25) is 4.79 Å². The van der Waals surface area contributed by atoms with E-state index in [-0.39, 0.29) is 11.5 Å². The van der Waals surface area contributed by atoms with E-state index in [4.69, 9.17) is 0 Å². The van der Waals surface area contributed by atoms with Crippen molar-refractivity contribution in [3.63, 3.8) is 0 Å². The second kappa shape index (κ2) is 4.57. The summed E-state index contributed by atoms with van der Waals surface area (Å²) in [5.74, 6) is 3.54. The third-order valence-electron chi connectivity index (χ3n) is 8.35. The minimum absolute atomic E-state index is 0.0124. The molecule has 4 fully saturated rings. The zero-order valence-corrected chi connectivity index (χ0v) is 13.6. The highest BCUT2D eigenvalue weighted by molar-refractivity contribution is 5.87.